The molecular weight excluding hydrogens is 458 g/mol. The lowest BCUT2D eigenvalue weighted by Crippen LogP contribution is -2.58. The molecule has 0 saturated heterocycles. The highest BCUT2D eigenvalue weighted by atomic mass is 16.4. The number of carboxylic acid groups (broad SMARTS) is 2. The summed E-state index contributed by atoms with van der Waals surface area (Å²) < 4.78 is 0. The number of aromatic nitrogens is 2. The van der Waals surface area contributed by atoms with Crippen LogP contribution in [-0.4, -0.2) is 91.6 Å². The zero-order valence-electron chi connectivity index (χ0n) is 17.9. The van der Waals surface area contributed by atoms with E-state index in [9.17, 15) is 33.9 Å². The molecule has 4 amide bonds. The summed E-state index contributed by atoms with van der Waals surface area (Å²) in [6.45, 7) is -0.979. The molecule has 0 saturated carbocycles. The van der Waals surface area contributed by atoms with E-state index >= 15 is 0 Å². The molecule has 0 spiro atoms. The lowest BCUT2D eigenvalue weighted by Gasteiger charge is -2.23. The standard InChI is InChI=1S/C18H27N7O9/c19-9(3-8-5-21-7-22-8)15(30)24-11(4-14(28)29)16(31)25-12(6-26)17(32)23-10(18(33)34)1-2-13(20)27/h5,7,9-12,26H,1-4,6,19H2,(H2,20,27)(H,21,22)(H,23,32)(H,24,30)(H,25,31)(H,28,29)(H,33,34). The molecule has 0 aliphatic rings. The molecule has 11 N–H and O–H groups in total. The van der Waals surface area contributed by atoms with Gasteiger partial charge < -0.3 is 47.7 Å². The van der Waals surface area contributed by atoms with Crippen LogP contribution >= 0.6 is 0 Å². The highest BCUT2D eigenvalue weighted by molar-refractivity contribution is 5.95. The van der Waals surface area contributed by atoms with Gasteiger partial charge in [0.05, 0.1) is 25.4 Å². The van der Waals surface area contributed by atoms with Gasteiger partial charge in [-0.3, -0.25) is 24.0 Å². The van der Waals surface area contributed by atoms with Gasteiger partial charge in [-0.25, -0.2) is 9.78 Å². The molecule has 4 unspecified atom stereocenters. The van der Waals surface area contributed by atoms with Gasteiger partial charge >= 0.3 is 11.9 Å². The van der Waals surface area contributed by atoms with Crippen molar-refractivity contribution in [2.45, 2.75) is 49.9 Å². The van der Waals surface area contributed by atoms with Crippen LogP contribution in [0.5, 0.6) is 0 Å². The Kier molecular flexibility index (Phi) is 11.1. The number of hydrogen-bond acceptors (Lipinski definition) is 9. The summed E-state index contributed by atoms with van der Waals surface area (Å²) in [5.41, 5.74) is 11.2. The number of nitrogens with zero attached hydrogens (tertiary/aromatic N) is 1. The Hall–Kier alpha value is -4.05. The second-order valence-electron chi connectivity index (χ2n) is 7.19. The van der Waals surface area contributed by atoms with Gasteiger partial charge in [0.15, 0.2) is 0 Å². The lowest BCUT2D eigenvalue weighted by atomic mass is 10.1. The van der Waals surface area contributed by atoms with Crippen LogP contribution < -0.4 is 27.4 Å². The number of primary amides is 1. The maximum atomic E-state index is 12.5. The minimum atomic E-state index is -1.69. The molecule has 0 bridgehead atoms. The van der Waals surface area contributed by atoms with Gasteiger partial charge in [0.25, 0.3) is 0 Å². The van der Waals surface area contributed by atoms with Crippen molar-refractivity contribution in [1.82, 2.24) is 25.9 Å². The lowest BCUT2D eigenvalue weighted by molar-refractivity contribution is -0.143. The number of aromatic amines is 1. The predicted octanol–water partition coefficient (Wildman–Crippen LogP) is -4.45. The molecule has 0 aliphatic heterocycles. The Balaban J connectivity index is 2.82. The number of nitrogens with one attached hydrogen (secondary N) is 4. The summed E-state index contributed by atoms with van der Waals surface area (Å²) in [6.07, 6.45) is 1.24. The van der Waals surface area contributed by atoms with Crippen LogP contribution in [0.25, 0.3) is 0 Å². The molecule has 188 valence electrons. The Morgan fingerprint density at radius 2 is 1.56 bits per heavy atom. The van der Waals surface area contributed by atoms with E-state index in [-0.39, 0.29) is 19.3 Å². The van der Waals surface area contributed by atoms with Crippen molar-refractivity contribution in [2.24, 2.45) is 11.5 Å². The maximum absolute atomic E-state index is 12.5. The van der Waals surface area contributed by atoms with E-state index in [0.717, 1.165) is 0 Å². The molecule has 1 aromatic heterocycles. The summed E-state index contributed by atoms with van der Waals surface area (Å²) in [7, 11) is 0. The van der Waals surface area contributed by atoms with Crippen molar-refractivity contribution in [2.75, 3.05) is 6.61 Å². The van der Waals surface area contributed by atoms with Gasteiger partial charge in [0, 0.05) is 24.7 Å². The fourth-order valence-corrected chi connectivity index (χ4v) is 2.67. The number of rotatable bonds is 15. The molecule has 1 rings (SSSR count). The van der Waals surface area contributed by atoms with Crippen molar-refractivity contribution >= 4 is 35.6 Å². The largest absolute Gasteiger partial charge is 0.481 e. The third-order valence-corrected chi connectivity index (χ3v) is 4.45. The van der Waals surface area contributed by atoms with E-state index in [4.69, 9.17) is 21.7 Å². The highest BCUT2D eigenvalue weighted by Crippen LogP contribution is 2.02. The quantitative estimate of drug-likeness (QED) is 0.114. The molecule has 1 heterocycles. The van der Waals surface area contributed by atoms with Crippen molar-refractivity contribution < 1.29 is 44.1 Å². The molecule has 0 fully saturated rings. The first-order valence-corrected chi connectivity index (χ1v) is 9.92. The topological polar surface area (TPSA) is 280 Å². The van der Waals surface area contributed by atoms with Gasteiger partial charge in [-0.05, 0) is 6.42 Å². The van der Waals surface area contributed by atoms with E-state index < -0.39 is 72.8 Å². The summed E-state index contributed by atoms with van der Waals surface area (Å²) >= 11 is 0. The smallest absolute Gasteiger partial charge is 0.326 e. The van der Waals surface area contributed by atoms with Crippen LogP contribution in [0.2, 0.25) is 0 Å². The number of nitrogens with two attached hydrogens (primary N) is 2. The molecule has 1 aromatic rings. The molecule has 0 aliphatic carbocycles. The van der Waals surface area contributed by atoms with Crippen molar-refractivity contribution in [1.29, 1.82) is 0 Å². The minimum absolute atomic E-state index is 0.0107. The molecule has 4 atom stereocenters. The van der Waals surface area contributed by atoms with E-state index in [1.54, 1.807) is 0 Å². The van der Waals surface area contributed by atoms with E-state index in [1.807, 2.05) is 5.32 Å². The maximum Gasteiger partial charge on any atom is 0.326 e. The number of amides is 4. The third kappa shape index (κ3) is 9.61. The van der Waals surface area contributed by atoms with Crippen molar-refractivity contribution in [3.8, 4) is 0 Å². The summed E-state index contributed by atoms with van der Waals surface area (Å²) in [5.74, 6) is -6.86. The second-order valence-corrected chi connectivity index (χ2v) is 7.19. The fraction of sp³-hybridized carbons (Fsp3) is 0.500. The number of hydrogen-bond donors (Lipinski definition) is 9. The first-order valence-electron chi connectivity index (χ1n) is 9.92. The number of carbonyl (C=O) groups excluding carboxylic acids is 4. The average Bonchev–Trinajstić information content (AvgIpc) is 3.26. The van der Waals surface area contributed by atoms with Gasteiger partial charge in [-0.15, -0.1) is 0 Å². The summed E-state index contributed by atoms with van der Waals surface area (Å²) in [6, 6.07) is -6.05. The van der Waals surface area contributed by atoms with Crippen LogP contribution in [0.15, 0.2) is 12.5 Å². The number of carboxylic acids is 2. The van der Waals surface area contributed by atoms with Crippen LogP contribution in [0.1, 0.15) is 25.0 Å². The Labute approximate surface area is 192 Å². The van der Waals surface area contributed by atoms with Crippen molar-refractivity contribution in [3.05, 3.63) is 18.2 Å². The highest BCUT2D eigenvalue weighted by Gasteiger charge is 2.31. The van der Waals surface area contributed by atoms with Gasteiger partial charge in [0.1, 0.15) is 18.1 Å². The number of aliphatic hydroxyl groups excluding tert-OH is 1. The third-order valence-electron chi connectivity index (χ3n) is 4.45. The molecular formula is C18H27N7O9. The van der Waals surface area contributed by atoms with Gasteiger partial charge in [0.2, 0.25) is 23.6 Å². The SMILES string of the molecule is NC(=O)CCC(NC(=O)C(CO)NC(=O)C(CC(=O)O)NC(=O)C(N)Cc1cnc[nH]1)C(=O)O. The normalized spacial score (nSPS) is 14.2. The fourth-order valence-electron chi connectivity index (χ4n) is 2.67. The zero-order valence-corrected chi connectivity index (χ0v) is 17.9. The van der Waals surface area contributed by atoms with Crippen LogP contribution in [0.4, 0.5) is 0 Å². The molecule has 0 radical (unpaired) electrons. The van der Waals surface area contributed by atoms with Crippen LogP contribution in [-0.2, 0) is 35.2 Å². The number of aliphatic hydroxyl groups is 1. The Morgan fingerprint density at radius 3 is 2.06 bits per heavy atom. The number of aliphatic carboxylic acids is 2. The van der Waals surface area contributed by atoms with Gasteiger partial charge in [-0.1, -0.05) is 0 Å². The number of H-pyrrole nitrogens is 1. The first-order chi connectivity index (χ1) is 15.9. The van der Waals surface area contributed by atoms with E-state index in [2.05, 4.69) is 20.6 Å². The molecule has 0 aromatic carbocycles. The van der Waals surface area contributed by atoms with Crippen LogP contribution in [0.3, 0.4) is 0 Å². The molecule has 16 nitrogen and oxygen atoms in total. The molecule has 34 heavy (non-hydrogen) atoms. The van der Waals surface area contributed by atoms with Gasteiger partial charge in [-0.2, -0.15) is 0 Å². The van der Waals surface area contributed by atoms with Crippen LogP contribution in [0, 0.1) is 0 Å². The van der Waals surface area contributed by atoms with Crippen molar-refractivity contribution in [3.63, 3.8) is 0 Å². The van der Waals surface area contributed by atoms with E-state index in [1.165, 1.54) is 12.5 Å². The van der Waals surface area contributed by atoms with E-state index in [0.29, 0.717) is 5.69 Å². The Morgan fingerprint density at radius 1 is 0.971 bits per heavy atom. The number of imidazole rings is 1. The summed E-state index contributed by atoms with van der Waals surface area (Å²) in [4.78, 5) is 77.0. The zero-order chi connectivity index (χ0) is 25.8. The minimum Gasteiger partial charge on any atom is -0.481 e. The molecule has 16 heteroatoms. The predicted molar refractivity (Wildman–Crippen MR) is 111 cm³/mol. The average molecular weight is 485 g/mol. The second kappa shape index (κ2) is 13.5. The summed E-state index contributed by atoms with van der Waals surface area (Å²) in [5, 5.41) is 33.9. The number of carbonyl (C=O) groups is 6. The monoisotopic (exact) mass is 485 g/mol. The Bertz CT molecular complexity index is 890. The first kappa shape index (κ1) is 28.0.